The van der Waals surface area contributed by atoms with Crippen molar-refractivity contribution >= 4 is 31.5 Å². The highest BCUT2D eigenvalue weighted by Crippen LogP contribution is 2.45. The predicted molar refractivity (Wildman–Crippen MR) is 104 cm³/mol. The van der Waals surface area contributed by atoms with Crippen molar-refractivity contribution in [3.8, 4) is 0 Å². The Kier molecular flexibility index (Phi) is 3.45. The van der Waals surface area contributed by atoms with Crippen molar-refractivity contribution in [2.75, 3.05) is 0 Å². The third kappa shape index (κ3) is 2.23. The van der Waals surface area contributed by atoms with Gasteiger partial charge < -0.3 is 0 Å². The first-order valence-electron chi connectivity index (χ1n) is 8.32. The molecular weight excluding hydrogens is 360 g/mol. The van der Waals surface area contributed by atoms with Crippen LogP contribution in [0.25, 0.3) is 10.8 Å². The Morgan fingerprint density at radius 2 is 1.19 bits per heavy atom. The van der Waals surface area contributed by atoms with Crippen molar-refractivity contribution in [3.63, 3.8) is 0 Å². The highest BCUT2D eigenvalue weighted by Gasteiger charge is 2.45. The molecule has 4 heteroatoms. The molecule has 1 aliphatic heterocycles. The second-order valence-electron chi connectivity index (χ2n) is 6.22. The van der Waals surface area contributed by atoms with E-state index in [2.05, 4.69) is 12.1 Å². The van der Waals surface area contributed by atoms with Crippen LogP contribution >= 0.6 is 0 Å². The molecule has 0 spiro atoms. The zero-order chi connectivity index (χ0) is 17.7. The molecule has 2 nitrogen and oxygen atoms in total. The average molecular weight is 375 g/mol. The molecule has 1 unspecified atom stereocenters. The van der Waals surface area contributed by atoms with Crippen LogP contribution in [0.15, 0.2) is 115 Å². The monoisotopic (exact) mass is 375 g/mol. The second kappa shape index (κ2) is 5.73. The van der Waals surface area contributed by atoms with Gasteiger partial charge in [0.2, 0.25) is 9.84 Å². The van der Waals surface area contributed by atoms with Gasteiger partial charge in [0.1, 0.15) is 20.7 Å². The van der Waals surface area contributed by atoms with E-state index in [1.165, 1.54) is 0 Å². The lowest BCUT2D eigenvalue weighted by Gasteiger charge is -2.20. The Morgan fingerprint density at radius 1 is 0.577 bits per heavy atom. The van der Waals surface area contributed by atoms with Gasteiger partial charge in [0, 0.05) is 6.07 Å². The van der Waals surface area contributed by atoms with Crippen molar-refractivity contribution in [1.29, 1.82) is 0 Å². The van der Waals surface area contributed by atoms with E-state index in [1.807, 2.05) is 66.7 Å². The summed E-state index contributed by atoms with van der Waals surface area (Å²) in [5.41, 5.74) is 0. The van der Waals surface area contributed by atoms with Crippen LogP contribution in [-0.2, 0) is 20.7 Å². The molecule has 0 fully saturated rings. The third-order valence-electron chi connectivity index (χ3n) is 4.66. The van der Waals surface area contributed by atoms with E-state index < -0.39 is 20.7 Å². The average Bonchev–Trinajstić information content (AvgIpc) is 2.68. The lowest BCUT2D eigenvalue weighted by Crippen LogP contribution is -2.20. The van der Waals surface area contributed by atoms with Gasteiger partial charge in [-0.1, -0.05) is 54.6 Å². The summed E-state index contributed by atoms with van der Waals surface area (Å²) in [4.78, 5) is 3.75. The SMILES string of the molecule is O=S1(=O)c2ccccc2[S+](c2ccccc2)c2cc3ccccc3cc21. The van der Waals surface area contributed by atoms with Gasteiger partial charge in [-0.15, -0.1) is 0 Å². The molecule has 4 aromatic carbocycles. The summed E-state index contributed by atoms with van der Waals surface area (Å²) in [6, 6.07) is 29.4. The van der Waals surface area contributed by atoms with Crippen LogP contribution in [0, 0.1) is 0 Å². The topological polar surface area (TPSA) is 34.1 Å². The molecule has 5 rings (SSSR count). The zero-order valence-electron chi connectivity index (χ0n) is 13.8. The van der Waals surface area contributed by atoms with E-state index >= 15 is 0 Å². The van der Waals surface area contributed by atoms with Gasteiger partial charge in [-0.3, -0.25) is 0 Å². The summed E-state index contributed by atoms with van der Waals surface area (Å²) in [6.07, 6.45) is 0. The minimum atomic E-state index is -3.53. The lowest BCUT2D eigenvalue weighted by atomic mass is 10.1. The Bertz CT molecular complexity index is 1250. The maximum Gasteiger partial charge on any atom is 0.216 e. The third-order valence-corrected chi connectivity index (χ3v) is 9.09. The smallest absolute Gasteiger partial charge is 0.216 e. The molecule has 1 atom stereocenters. The molecule has 0 amide bonds. The van der Waals surface area contributed by atoms with Crippen molar-refractivity contribution in [3.05, 3.63) is 91.0 Å². The Morgan fingerprint density at radius 3 is 1.96 bits per heavy atom. The van der Waals surface area contributed by atoms with E-state index in [4.69, 9.17) is 0 Å². The number of fused-ring (bicyclic) bond motifs is 3. The van der Waals surface area contributed by atoms with Crippen LogP contribution < -0.4 is 0 Å². The quantitative estimate of drug-likeness (QED) is 0.383. The molecule has 0 aliphatic carbocycles. The minimum absolute atomic E-state index is 0.426. The summed E-state index contributed by atoms with van der Waals surface area (Å²) in [5.74, 6) is 0. The van der Waals surface area contributed by atoms with E-state index in [-0.39, 0.29) is 0 Å². The Balaban J connectivity index is 1.92. The highest BCUT2D eigenvalue weighted by molar-refractivity contribution is 8.00. The molecule has 1 aliphatic rings. The molecule has 0 aromatic heterocycles. The van der Waals surface area contributed by atoms with Gasteiger partial charge in [-0.25, -0.2) is 8.42 Å². The summed E-state index contributed by atoms with van der Waals surface area (Å²) in [7, 11) is -3.97. The van der Waals surface area contributed by atoms with Crippen molar-refractivity contribution in [2.45, 2.75) is 24.5 Å². The Labute approximate surface area is 155 Å². The molecule has 0 saturated carbocycles. The number of rotatable bonds is 1. The van der Waals surface area contributed by atoms with E-state index in [0.29, 0.717) is 9.79 Å². The second-order valence-corrected chi connectivity index (χ2v) is 10.1. The van der Waals surface area contributed by atoms with Crippen LogP contribution in [-0.4, -0.2) is 8.42 Å². The van der Waals surface area contributed by atoms with Crippen LogP contribution in [0.4, 0.5) is 0 Å². The van der Waals surface area contributed by atoms with Crippen LogP contribution in [0.2, 0.25) is 0 Å². The minimum Gasteiger partial charge on any atom is -0.218 e. The molecule has 26 heavy (non-hydrogen) atoms. The number of sulfone groups is 1. The molecule has 1 heterocycles. The molecular formula is C22H15O2S2+. The maximum absolute atomic E-state index is 13.3. The van der Waals surface area contributed by atoms with Gasteiger partial charge in [0.15, 0.2) is 14.7 Å². The first kappa shape index (κ1) is 15.7. The van der Waals surface area contributed by atoms with Gasteiger partial charge in [0.05, 0.1) is 0 Å². The molecule has 0 saturated heterocycles. The van der Waals surface area contributed by atoms with Crippen molar-refractivity contribution in [2.24, 2.45) is 0 Å². The summed E-state index contributed by atoms with van der Waals surface area (Å²) in [6.45, 7) is 0. The first-order chi connectivity index (χ1) is 12.7. The van der Waals surface area contributed by atoms with Crippen molar-refractivity contribution < 1.29 is 8.42 Å². The number of hydrogen-bond donors (Lipinski definition) is 0. The highest BCUT2D eigenvalue weighted by atomic mass is 32.2. The van der Waals surface area contributed by atoms with Gasteiger partial charge in [-0.2, -0.15) is 0 Å². The molecule has 0 bridgehead atoms. The molecule has 0 N–H and O–H groups in total. The molecule has 0 radical (unpaired) electrons. The summed E-state index contributed by atoms with van der Waals surface area (Å²) >= 11 is 0. The fourth-order valence-corrected chi connectivity index (χ4v) is 8.21. The normalized spacial score (nSPS) is 17.5. The number of benzene rings is 4. The predicted octanol–water partition coefficient (Wildman–Crippen LogP) is 5.08. The molecule has 4 aromatic rings. The van der Waals surface area contributed by atoms with Gasteiger partial charge >= 0.3 is 0 Å². The fourth-order valence-electron chi connectivity index (χ4n) is 3.46. The van der Waals surface area contributed by atoms with E-state index in [1.54, 1.807) is 12.1 Å². The van der Waals surface area contributed by atoms with E-state index in [9.17, 15) is 8.42 Å². The van der Waals surface area contributed by atoms with Crippen LogP contribution in [0.5, 0.6) is 0 Å². The van der Waals surface area contributed by atoms with Crippen molar-refractivity contribution in [1.82, 2.24) is 0 Å². The maximum atomic E-state index is 13.3. The van der Waals surface area contributed by atoms with Gasteiger partial charge in [-0.05, 0) is 41.1 Å². The Hall–Kier alpha value is -2.56. The van der Waals surface area contributed by atoms with Gasteiger partial charge in [0.25, 0.3) is 0 Å². The number of hydrogen-bond acceptors (Lipinski definition) is 2. The summed E-state index contributed by atoms with van der Waals surface area (Å²) in [5, 5.41) is 2.01. The van der Waals surface area contributed by atoms with Crippen LogP contribution in [0.3, 0.4) is 0 Å². The zero-order valence-corrected chi connectivity index (χ0v) is 15.4. The van der Waals surface area contributed by atoms with Crippen LogP contribution in [0.1, 0.15) is 0 Å². The fraction of sp³-hybridized carbons (Fsp3) is 0. The van der Waals surface area contributed by atoms with E-state index in [0.717, 1.165) is 25.5 Å². The summed E-state index contributed by atoms with van der Waals surface area (Å²) < 4.78 is 26.6. The largest absolute Gasteiger partial charge is 0.218 e. The standard InChI is InChI=1S/C22H15O2S2/c23-26(24)21-13-7-6-12-19(21)25(18-10-2-1-3-11-18)20-14-16-8-4-5-9-17(16)15-22(20)26/h1-15H/q+1. The molecule has 126 valence electrons. The lowest BCUT2D eigenvalue weighted by molar-refractivity contribution is 0.590. The first-order valence-corrected chi connectivity index (χ1v) is 11.0.